The molecule has 0 bridgehead atoms. The van der Waals surface area contributed by atoms with Crippen molar-refractivity contribution in [2.45, 2.75) is 46.1 Å². The van der Waals surface area contributed by atoms with Gasteiger partial charge in [0.1, 0.15) is 16.8 Å². The Morgan fingerprint density at radius 2 is 2.15 bits per heavy atom. The molecule has 0 amide bonds. The van der Waals surface area contributed by atoms with Crippen molar-refractivity contribution in [3.63, 3.8) is 0 Å². The Morgan fingerprint density at radius 3 is 2.80 bits per heavy atom. The van der Waals surface area contributed by atoms with Gasteiger partial charge in [0.15, 0.2) is 0 Å². The van der Waals surface area contributed by atoms with E-state index in [4.69, 9.17) is 22.7 Å². The average Bonchev–Trinajstić information content (AvgIpc) is 2.38. The molecule has 0 aromatic carbocycles. The molecule has 0 aliphatic heterocycles. The van der Waals surface area contributed by atoms with E-state index in [2.05, 4.69) is 25.8 Å². The Bertz CT molecular complexity index is 475. The molecule has 1 saturated carbocycles. The van der Waals surface area contributed by atoms with Crippen LogP contribution in [-0.2, 0) is 0 Å². The quantitative estimate of drug-likeness (QED) is 0.862. The first kappa shape index (κ1) is 15.2. The molecular weight excluding hydrogens is 268 g/mol. The number of nitrogens with zero attached hydrogens (tertiary/aromatic N) is 1. The highest BCUT2D eigenvalue weighted by atomic mass is 32.1. The van der Waals surface area contributed by atoms with Crippen LogP contribution in [0.3, 0.4) is 0 Å². The SMILES string of the molecule is CC1CCC(C(C)C)C(Oc2cccc(C(N)=S)n2)C1. The minimum Gasteiger partial charge on any atom is -0.474 e. The van der Waals surface area contributed by atoms with Crippen molar-refractivity contribution in [2.24, 2.45) is 23.5 Å². The molecule has 3 atom stereocenters. The molecule has 4 heteroatoms. The zero-order valence-electron chi connectivity index (χ0n) is 12.5. The van der Waals surface area contributed by atoms with Crippen molar-refractivity contribution in [1.29, 1.82) is 0 Å². The Kier molecular flexibility index (Phi) is 4.97. The van der Waals surface area contributed by atoms with Crippen molar-refractivity contribution in [3.8, 4) is 5.88 Å². The normalized spacial score (nSPS) is 26.5. The van der Waals surface area contributed by atoms with Crippen LogP contribution in [0.2, 0.25) is 0 Å². The maximum absolute atomic E-state index is 6.16. The van der Waals surface area contributed by atoms with Crippen LogP contribution in [0, 0.1) is 17.8 Å². The van der Waals surface area contributed by atoms with Crippen LogP contribution in [0.1, 0.15) is 45.7 Å². The molecule has 3 unspecified atom stereocenters. The van der Waals surface area contributed by atoms with E-state index in [1.807, 2.05) is 18.2 Å². The van der Waals surface area contributed by atoms with Gasteiger partial charge in [0, 0.05) is 6.07 Å². The number of hydrogen-bond donors (Lipinski definition) is 1. The standard InChI is InChI=1S/C16H24N2OS/c1-10(2)12-8-7-11(3)9-14(12)19-15-6-4-5-13(18-15)16(17)20/h4-6,10-12,14H,7-9H2,1-3H3,(H2,17,20). The van der Waals surface area contributed by atoms with Gasteiger partial charge in [0.25, 0.3) is 0 Å². The van der Waals surface area contributed by atoms with E-state index in [1.165, 1.54) is 12.8 Å². The number of rotatable bonds is 4. The summed E-state index contributed by atoms with van der Waals surface area (Å²) in [5.41, 5.74) is 6.25. The predicted molar refractivity (Wildman–Crippen MR) is 85.9 cm³/mol. The fraction of sp³-hybridized carbons (Fsp3) is 0.625. The third-order valence-corrected chi connectivity index (χ3v) is 4.42. The van der Waals surface area contributed by atoms with E-state index in [1.54, 1.807) is 0 Å². The van der Waals surface area contributed by atoms with Gasteiger partial charge in [-0.3, -0.25) is 0 Å². The van der Waals surface area contributed by atoms with Crippen LogP contribution in [-0.4, -0.2) is 16.1 Å². The highest BCUT2D eigenvalue weighted by molar-refractivity contribution is 7.80. The van der Waals surface area contributed by atoms with Gasteiger partial charge >= 0.3 is 0 Å². The number of aromatic nitrogens is 1. The lowest BCUT2D eigenvalue weighted by atomic mass is 9.75. The Morgan fingerprint density at radius 1 is 1.40 bits per heavy atom. The molecule has 2 rings (SSSR count). The predicted octanol–water partition coefficient (Wildman–Crippen LogP) is 3.56. The maximum atomic E-state index is 6.16. The Labute approximate surface area is 126 Å². The zero-order chi connectivity index (χ0) is 14.7. The summed E-state index contributed by atoms with van der Waals surface area (Å²) in [5, 5.41) is 0. The lowest BCUT2D eigenvalue weighted by Crippen LogP contribution is -2.36. The van der Waals surface area contributed by atoms with Gasteiger partial charge in [0.2, 0.25) is 5.88 Å². The topological polar surface area (TPSA) is 48.1 Å². The fourth-order valence-corrected chi connectivity index (χ4v) is 3.14. The number of pyridine rings is 1. The minimum absolute atomic E-state index is 0.243. The summed E-state index contributed by atoms with van der Waals surface area (Å²) < 4.78 is 6.16. The van der Waals surface area contributed by atoms with Crippen LogP contribution in [0.25, 0.3) is 0 Å². The van der Waals surface area contributed by atoms with Gasteiger partial charge in [-0.05, 0) is 36.7 Å². The van der Waals surface area contributed by atoms with Gasteiger partial charge in [-0.2, -0.15) is 0 Å². The third kappa shape index (κ3) is 3.69. The average molecular weight is 292 g/mol. The highest BCUT2D eigenvalue weighted by Crippen LogP contribution is 2.35. The Hall–Kier alpha value is -1.16. The highest BCUT2D eigenvalue weighted by Gasteiger charge is 2.32. The van der Waals surface area contributed by atoms with Crippen LogP contribution < -0.4 is 10.5 Å². The molecule has 1 heterocycles. The molecule has 0 saturated heterocycles. The number of ether oxygens (including phenoxy) is 1. The summed E-state index contributed by atoms with van der Waals surface area (Å²) in [7, 11) is 0. The van der Waals surface area contributed by atoms with Gasteiger partial charge in [-0.15, -0.1) is 0 Å². The molecule has 1 aliphatic carbocycles. The van der Waals surface area contributed by atoms with Crippen molar-refractivity contribution in [3.05, 3.63) is 23.9 Å². The van der Waals surface area contributed by atoms with Crippen LogP contribution in [0.15, 0.2) is 18.2 Å². The van der Waals surface area contributed by atoms with Gasteiger partial charge in [-0.25, -0.2) is 4.98 Å². The Balaban J connectivity index is 2.13. The molecule has 0 spiro atoms. The first-order valence-corrected chi connectivity index (χ1v) is 7.81. The van der Waals surface area contributed by atoms with Crippen molar-refractivity contribution in [2.75, 3.05) is 0 Å². The lowest BCUT2D eigenvalue weighted by Gasteiger charge is -2.37. The molecule has 1 fully saturated rings. The molecule has 2 N–H and O–H groups in total. The first-order valence-electron chi connectivity index (χ1n) is 7.41. The largest absolute Gasteiger partial charge is 0.474 e. The molecule has 1 aromatic heterocycles. The third-order valence-electron chi connectivity index (χ3n) is 4.21. The van der Waals surface area contributed by atoms with Crippen LogP contribution >= 0.6 is 12.2 Å². The van der Waals surface area contributed by atoms with Gasteiger partial charge in [-0.1, -0.05) is 45.5 Å². The second kappa shape index (κ2) is 6.53. The zero-order valence-corrected chi connectivity index (χ0v) is 13.3. The van der Waals surface area contributed by atoms with E-state index in [-0.39, 0.29) is 6.10 Å². The van der Waals surface area contributed by atoms with Crippen molar-refractivity contribution in [1.82, 2.24) is 4.98 Å². The second-order valence-electron chi connectivity index (χ2n) is 6.21. The smallest absolute Gasteiger partial charge is 0.214 e. The first-order chi connectivity index (χ1) is 9.47. The van der Waals surface area contributed by atoms with Crippen LogP contribution in [0.4, 0.5) is 0 Å². The van der Waals surface area contributed by atoms with Crippen molar-refractivity contribution >= 4 is 17.2 Å². The molecule has 0 radical (unpaired) electrons. The number of nitrogens with two attached hydrogens (primary N) is 1. The molecule has 1 aromatic rings. The molecule has 3 nitrogen and oxygen atoms in total. The van der Waals surface area contributed by atoms with Gasteiger partial charge < -0.3 is 10.5 Å². The summed E-state index contributed by atoms with van der Waals surface area (Å²) in [5.74, 6) is 2.58. The van der Waals surface area contributed by atoms with E-state index >= 15 is 0 Å². The lowest BCUT2D eigenvalue weighted by molar-refractivity contribution is 0.0426. The summed E-state index contributed by atoms with van der Waals surface area (Å²) >= 11 is 4.97. The van der Waals surface area contributed by atoms with Crippen LogP contribution in [0.5, 0.6) is 5.88 Å². The maximum Gasteiger partial charge on any atom is 0.214 e. The van der Waals surface area contributed by atoms with Gasteiger partial charge in [0.05, 0.1) is 0 Å². The van der Waals surface area contributed by atoms with E-state index in [0.29, 0.717) is 34.3 Å². The molecule has 1 aliphatic rings. The number of hydrogen-bond acceptors (Lipinski definition) is 3. The summed E-state index contributed by atoms with van der Waals surface area (Å²) in [6, 6.07) is 5.60. The molecule has 20 heavy (non-hydrogen) atoms. The summed E-state index contributed by atoms with van der Waals surface area (Å²) in [6.07, 6.45) is 3.87. The van der Waals surface area contributed by atoms with E-state index in [0.717, 1.165) is 6.42 Å². The summed E-state index contributed by atoms with van der Waals surface area (Å²) in [4.78, 5) is 4.71. The monoisotopic (exact) mass is 292 g/mol. The second-order valence-corrected chi connectivity index (χ2v) is 6.65. The fourth-order valence-electron chi connectivity index (χ4n) is 3.02. The van der Waals surface area contributed by atoms with E-state index in [9.17, 15) is 0 Å². The minimum atomic E-state index is 0.243. The molecular formula is C16H24N2OS. The molecule has 110 valence electrons. The van der Waals surface area contributed by atoms with E-state index < -0.39 is 0 Å². The van der Waals surface area contributed by atoms with Crippen molar-refractivity contribution < 1.29 is 4.74 Å². The number of thiocarbonyl (C=S) groups is 1. The summed E-state index contributed by atoms with van der Waals surface area (Å²) in [6.45, 7) is 6.84.